The van der Waals surface area contributed by atoms with Gasteiger partial charge in [-0.2, -0.15) is 9.78 Å². The van der Waals surface area contributed by atoms with Gasteiger partial charge < -0.3 is 4.90 Å². The quantitative estimate of drug-likeness (QED) is 0.646. The molecule has 0 atom stereocenters. The lowest BCUT2D eigenvalue weighted by molar-refractivity contribution is 0.0949. The Balaban J connectivity index is 1.82. The summed E-state index contributed by atoms with van der Waals surface area (Å²) in [7, 11) is 2.16. The highest BCUT2D eigenvalue weighted by Gasteiger charge is 2.25. The number of halogens is 1. The van der Waals surface area contributed by atoms with Crippen LogP contribution in [0.1, 0.15) is 34.8 Å². The van der Waals surface area contributed by atoms with E-state index >= 15 is 0 Å². The normalized spacial score (nSPS) is 16.4. The molecule has 5 heteroatoms. The zero-order chi connectivity index (χ0) is 17.4. The van der Waals surface area contributed by atoms with Crippen LogP contribution in [-0.4, -0.2) is 40.7 Å². The third kappa shape index (κ3) is 3.14. The zero-order valence-corrected chi connectivity index (χ0v) is 15.7. The van der Waals surface area contributed by atoms with Gasteiger partial charge in [0.1, 0.15) is 0 Å². The molecule has 2 aromatic carbocycles. The van der Waals surface area contributed by atoms with E-state index < -0.39 is 0 Å². The molecule has 3 aromatic rings. The Labute approximate surface area is 155 Å². The number of carbonyl (C=O) groups excluding carboxylic acids is 1. The molecule has 4 nitrogen and oxygen atoms in total. The summed E-state index contributed by atoms with van der Waals surface area (Å²) in [5.74, 6) is 0.326. The minimum absolute atomic E-state index is 0.0807. The van der Waals surface area contributed by atoms with Gasteiger partial charge in [0.25, 0.3) is 5.91 Å². The number of likely N-dealkylation sites (tertiary alicyclic amines) is 1. The fourth-order valence-corrected chi connectivity index (χ4v) is 3.90. The van der Waals surface area contributed by atoms with Crippen molar-refractivity contribution in [3.05, 3.63) is 64.3 Å². The molecule has 1 saturated heterocycles. The molecule has 0 saturated carbocycles. The first-order valence-corrected chi connectivity index (χ1v) is 9.39. The maximum Gasteiger partial charge on any atom is 0.278 e. The van der Waals surface area contributed by atoms with Crippen LogP contribution in [0.4, 0.5) is 0 Å². The first-order chi connectivity index (χ1) is 12.1. The van der Waals surface area contributed by atoms with Crippen LogP contribution in [0.2, 0.25) is 0 Å². The van der Waals surface area contributed by atoms with Crippen molar-refractivity contribution in [2.24, 2.45) is 0 Å². The lowest BCUT2D eigenvalue weighted by Crippen LogP contribution is -2.29. The van der Waals surface area contributed by atoms with Crippen LogP contribution in [0, 0.1) is 0 Å². The standard InChI is InChI=1S/C20H20BrN3O/c1-23-11-9-14(10-12-23)19-17-8-7-16(21)13-18(17)24(22-19)20(25)15-5-3-2-4-6-15/h2-8,13-14H,9-12H2,1H3. The minimum Gasteiger partial charge on any atom is -0.306 e. The molecule has 2 heterocycles. The number of piperidine rings is 1. The SMILES string of the molecule is CN1CCC(c2nn(C(=O)c3ccccc3)c3cc(Br)ccc23)CC1. The second-order valence-corrected chi connectivity index (χ2v) is 7.62. The molecule has 0 amide bonds. The summed E-state index contributed by atoms with van der Waals surface area (Å²) >= 11 is 3.53. The molecule has 0 bridgehead atoms. The molecule has 0 unspecified atom stereocenters. The Morgan fingerprint density at radius 1 is 1.12 bits per heavy atom. The van der Waals surface area contributed by atoms with Gasteiger partial charge in [0.15, 0.2) is 0 Å². The van der Waals surface area contributed by atoms with Crippen LogP contribution in [0.15, 0.2) is 53.0 Å². The summed E-state index contributed by atoms with van der Waals surface area (Å²) in [5, 5.41) is 5.87. The van der Waals surface area contributed by atoms with Crippen molar-refractivity contribution in [3.8, 4) is 0 Å². The number of nitrogens with zero attached hydrogens (tertiary/aromatic N) is 3. The predicted molar refractivity (Wildman–Crippen MR) is 103 cm³/mol. The summed E-state index contributed by atoms with van der Waals surface area (Å²) in [4.78, 5) is 15.3. The average Bonchev–Trinajstić information content (AvgIpc) is 3.01. The third-order valence-corrected chi connectivity index (χ3v) is 5.48. The molecule has 4 rings (SSSR count). The largest absolute Gasteiger partial charge is 0.306 e. The van der Waals surface area contributed by atoms with Crippen LogP contribution >= 0.6 is 15.9 Å². The Morgan fingerprint density at radius 3 is 2.56 bits per heavy atom. The summed E-state index contributed by atoms with van der Waals surface area (Å²) in [6.07, 6.45) is 2.16. The molecule has 0 aliphatic carbocycles. The Hall–Kier alpha value is -1.98. The van der Waals surface area contributed by atoms with Gasteiger partial charge in [0, 0.05) is 21.3 Å². The van der Waals surface area contributed by atoms with E-state index in [1.54, 1.807) is 4.68 Å². The highest BCUT2D eigenvalue weighted by atomic mass is 79.9. The molecule has 128 valence electrons. The van der Waals surface area contributed by atoms with Crippen molar-refractivity contribution >= 4 is 32.7 Å². The topological polar surface area (TPSA) is 38.1 Å². The van der Waals surface area contributed by atoms with Crippen LogP contribution in [0.3, 0.4) is 0 Å². The van der Waals surface area contributed by atoms with Crippen molar-refractivity contribution in [1.29, 1.82) is 0 Å². The van der Waals surface area contributed by atoms with E-state index in [9.17, 15) is 4.79 Å². The molecule has 0 N–H and O–H groups in total. The second-order valence-electron chi connectivity index (χ2n) is 6.71. The van der Waals surface area contributed by atoms with Crippen LogP contribution < -0.4 is 0 Å². The smallest absolute Gasteiger partial charge is 0.278 e. The molecular formula is C20H20BrN3O. The van der Waals surface area contributed by atoms with E-state index in [0.717, 1.165) is 47.0 Å². The van der Waals surface area contributed by atoms with E-state index in [2.05, 4.69) is 33.9 Å². The number of carbonyl (C=O) groups is 1. The highest BCUT2D eigenvalue weighted by Crippen LogP contribution is 2.33. The van der Waals surface area contributed by atoms with Gasteiger partial charge in [-0.05, 0) is 63.3 Å². The maximum absolute atomic E-state index is 13.0. The molecule has 1 aromatic heterocycles. The van der Waals surface area contributed by atoms with E-state index in [1.165, 1.54) is 0 Å². The fraction of sp³-hybridized carbons (Fsp3) is 0.300. The Kier molecular flexibility index (Phi) is 4.44. The van der Waals surface area contributed by atoms with Crippen molar-refractivity contribution < 1.29 is 4.79 Å². The predicted octanol–water partition coefficient (Wildman–Crippen LogP) is 4.30. The van der Waals surface area contributed by atoms with E-state index in [0.29, 0.717) is 11.5 Å². The van der Waals surface area contributed by atoms with Crippen LogP contribution in [-0.2, 0) is 0 Å². The number of aromatic nitrogens is 2. The van der Waals surface area contributed by atoms with E-state index in [1.807, 2.05) is 42.5 Å². The van der Waals surface area contributed by atoms with Gasteiger partial charge in [0.2, 0.25) is 0 Å². The monoisotopic (exact) mass is 397 g/mol. The molecule has 1 aliphatic heterocycles. The maximum atomic E-state index is 13.0. The lowest BCUT2D eigenvalue weighted by atomic mass is 9.92. The van der Waals surface area contributed by atoms with Gasteiger partial charge in [-0.3, -0.25) is 4.79 Å². The third-order valence-electron chi connectivity index (χ3n) is 4.99. The average molecular weight is 398 g/mol. The minimum atomic E-state index is -0.0807. The highest BCUT2D eigenvalue weighted by molar-refractivity contribution is 9.10. The summed E-state index contributed by atoms with van der Waals surface area (Å²) in [6, 6.07) is 15.4. The number of hydrogen-bond donors (Lipinski definition) is 0. The van der Waals surface area contributed by atoms with Gasteiger partial charge in [-0.1, -0.05) is 34.1 Å². The van der Waals surface area contributed by atoms with Crippen molar-refractivity contribution in [2.75, 3.05) is 20.1 Å². The fourth-order valence-electron chi connectivity index (χ4n) is 3.55. The van der Waals surface area contributed by atoms with Crippen LogP contribution in [0.25, 0.3) is 10.9 Å². The van der Waals surface area contributed by atoms with Gasteiger partial charge in [-0.15, -0.1) is 0 Å². The van der Waals surface area contributed by atoms with Crippen molar-refractivity contribution in [2.45, 2.75) is 18.8 Å². The van der Waals surface area contributed by atoms with Gasteiger partial charge in [-0.25, -0.2) is 0 Å². The number of benzene rings is 2. The summed E-state index contributed by atoms with van der Waals surface area (Å²) < 4.78 is 2.53. The Bertz CT molecular complexity index is 911. The molecule has 1 fully saturated rings. The van der Waals surface area contributed by atoms with Gasteiger partial charge in [0.05, 0.1) is 11.2 Å². The Morgan fingerprint density at radius 2 is 1.84 bits per heavy atom. The molecule has 0 radical (unpaired) electrons. The first-order valence-electron chi connectivity index (χ1n) is 8.60. The molecule has 25 heavy (non-hydrogen) atoms. The number of rotatable bonds is 2. The number of fused-ring (bicyclic) bond motifs is 1. The van der Waals surface area contributed by atoms with E-state index in [-0.39, 0.29) is 5.91 Å². The van der Waals surface area contributed by atoms with Crippen LogP contribution in [0.5, 0.6) is 0 Å². The second kappa shape index (κ2) is 6.73. The van der Waals surface area contributed by atoms with Crippen molar-refractivity contribution in [1.82, 2.24) is 14.7 Å². The molecule has 1 aliphatic rings. The number of hydrogen-bond acceptors (Lipinski definition) is 3. The molecule has 0 spiro atoms. The lowest BCUT2D eigenvalue weighted by Gasteiger charge is -2.28. The zero-order valence-electron chi connectivity index (χ0n) is 14.2. The first kappa shape index (κ1) is 16.5. The van der Waals surface area contributed by atoms with E-state index in [4.69, 9.17) is 5.10 Å². The van der Waals surface area contributed by atoms with Crippen molar-refractivity contribution in [3.63, 3.8) is 0 Å². The summed E-state index contributed by atoms with van der Waals surface area (Å²) in [6.45, 7) is 2.14. The molecular weight excluding hydrogens is 378 g/mol. The van der Waals surface area contributed by atoms with Gasteiger partial charge >= 0.3 is 0 Å². The summed E-state index contributed by atoms with van der Waals surface area (Å²) in [5.41, 5.74) is 2.58.